The summed E-state index contributed by atoms with van der Waals surface area (Å²) in [6, 6.07) is 19.0. The van der Waals surface area contributed by atoms with Gasteiger partial charge in [-0.25, -0.2) is 8.42 Å². The van der Waals surface area contributed by atoms with Gasteiger partial charge in [0.05, 0.1) is 4.90 Å². The van der Waals surface area contributed by atoms with Gasteiger partial charge in [0.25, 0.3) is 0 Å². The Hall–Kier alpha value is -4.02. The lowest BCUT2D eigenvalue weighted by Gasteiger charge is -2.21. The summed E-state index contributed by atoms with van der Waals surface area (Å²) in [5.41, 5.74) is 3.13. The number of aryl methyl sites for hydroxylation is 1. The van der Waals surface area contributed by atoms with Crippen LogP contribution >= 0.6 is 0 Å². The Bertz CT molecular complexity index is 1390. The molecule has 1 aliphatic rings. The van der Waals surface area contributed by atoms with Gasteiger partial charge in [-0.3, -0.25) is 14.4 Å². The number of hydrogen-bond acceptors (Lipinski definition) is 5. The Morgan fingerprint density at radius 3 is 2.25 bits per heavy atom. The van der Waals surface area contributed by atoms with Crippen molar-refractivity contribution in [3.8, 4) is 0 Å². The lowest BCUT2D eigenvalue weighted by Crippen LogP contribution is -2.45. The molecule has 1 atom stereocenters. The number of anilines is 3. The highest BCUT2D eigenvalue weighted by Crippen LogP contribution is 2.26. The zero-order valence-electron chi connectivity index (χ0n) is 19.6. The number of sulfonamides is 1. The van der Waals surface area contributed by atoms with Gasteiger partial charge in [-0.15, -0.1) is 0 Å². The van der Waals surface area contributed by atoms with Gasteiger partial charge in [0.2, 0.25) is 27.7 Å². The number of fused-ring (bicyclic) bond motifs is 1. The van der Waals surface area contributed by atoms with E-state index in [4.69, 9.17) is 0 Å². The number of rotatable bonds is 8. The Kier molecular flexibility index (Phi) is 7.47. The normalized spacial score (nSPS) is 13.8. The molecule has 0 fully saturated rings. The molecule has 3 aromatic rings. The molecule has 36 heavy (non-hydrogen) atoms. The number of hydrogen-bond donors (Lipinski definition) is 4. The van der Waals surface area contributed by atoms with Crippen LogP contribution in [0.4, 0.5) is 17.1 Å². The molecule has 186 valence electrons. The molecule has 3 aromatic carbocycles. The minimum Gasteiger partial charge on any atom is -0.326 e. The predicted molar refractivity (Wildman–Crippen MR) is 137 cm³/mol. The standard InChI is InChI=1S/C26H26N4O5S/c1-17(31)27-20-8-10-21(11-9-20)28-26(33)24(15-18-5-3-2-4-6-18)30-36(34,35)22-12-13-23-19(16-22)7-14-25(32)29-23/h2-6,8-13,16,24,30H,7,14-15H2,1H3,(H,27,31)(H,28,33)(H,29,32)/t24-/m0/s1. The molecule has 1 heterocycles. The summed E-state index contributed by atoms with van der Waals surface area (Å²) >= 11 is 0. The minimum absolute atomic E-state index is 0.0166. The molecule has 4 rings (SSSR count). The van der Waals surface area contributed by atoms with E-state index in [1.165, 1.54) is 19.1 Å². The van der Waals surface area contributed by atoms with Crippen LogP contribution in [0, 0.1) is 0 Å². The third-order valence-corrected chi connectivity index (χ3v) is 7.12. The van der Waals surface area contributed by atoms with Crippen molar-refractivity contribution in [1.29, 1.82) is 0 Å². The number of carbonyl (C=O) groups excluding carboxylic acids is 3. The topological polar surface area (TPSA) is 133 Å². The molecular formula is C26H26N4O5S. The molecule has 9 nitrogen and oxygen atoms in total. The lowest BCUT2D eigenvalue weighted by molar-refractivity contribution is -0.118. The molecule has 10 heteroatoms. The molecule has 0 saturated carbocycles. The average Bonchev–Trinajstić information content (AvgIpc) is 2.84. The molecule has 1 aliphatic heterocycles. The van der Waals surface area contributed by atoms with Gasteiger partial charge < -0.3 is 16.0 Å². The van der Waals surface area contributed by atoms with Gasteiger partial charge in [-0.1, -0.05) is 30.3 Å². The predicted octanol–water partition coefficient (Wildman–Crippen LogP) is 3.06. The molecule has 0 saturated heterocycles. The van der Waals surface area contributed by atoms with Gasteiger partial charge in [-0.2, -0.15) is 4.72 Å². The largest absolute Gasteiger partial charge is 0.326 e. The molecule has 0 bridgehead atoms. The molecule has 0 aromatic heterocycles. The number of carbonyl (C=O) groups is 3. The zero-order valence-corrected chi connectivity index (χ0v) is 20.4. The molecular weight excluding hydrogens is 480 g/mol. The molecule has 0 radical (unpaired) electrons. The van der Waals surface area contributed by atoms with E-state index >= 15 is 0 Å². The zero-order chi connectivity index (χ0) is 25.7. The maximum Gasteiger partial charge on any atom is 0.242 e. The second-order valence-corrected chi connectivity index (χ2v) is 10.2. The smallest absolute Gasteiger partial charge is 0.242 e. The van der Waals surface area contributed by atoms with Gasteiger partial charge in [0, 0.05) is 30.4 Å². The summed E-state index contributed by atoms with van der Waals surface area (Å²) in [6.45, 7) is 1.40. The van der Waals surface area contributed by atoms with Crippen molar-refractivity contribution in [3.05, 3.63) is 83.9 Å². The molecule has 4 N–H and O–H groups in total. The van der Waals surface area contributed by atoms with Crippen LogP contribution in [-0.2, 0) is 37.2 Å². The molecule has 0 aliphatic carbocycles. The van der Waals surface area contributed by atoms with Crippen LogP contribution in [-0.4, -0.2) is 32.2 Å². The van der Waals surface area contributed by atoms with Crippen molar-refractivity contribution >= 4 is 44.8 Å². The summed E-state index contributed by atoms with van der Waals surface area (Å²) in [7, 11) is -4.06. The quantitative estimate of drug-likeness (QED) is 0.373. The maximum atomic E-state index is 13.3. The van der Waals surface area contributed by atoms with Crippen LogP contribution in [0.3, 0.4) is 0 Å². The van der Waals surface area contributed by atoms with Gasteiger partial charge in [0.1, 0.15) is 6.04 Å². The number of benzene rings is 3. The maximum absolute atomic E-state index is 13.3. The van der Waals surface area contributed by atoms with E-state index in [0.29, 0.717) is 23.5 Å². The van der Waals surface area contributed by atoms with Crippen LogP contribution in [0.2, 0.25) is 0 Å². The summed E-state index contributed by atoms with van der Waals surface area (Å²) in [5.74, 6) is -0.852. The SMILES string of the molecule is CC(=O)Nc1ccc(NC(=O)[C@H](Cc2ccccc2)NS(=O)(=O)c2ccc3c(c2)CCC(=O)N3)cc1. The van der Waals surface area contributed by atoms with E-state index in [2.05, 4.69) is 20.7 Å². The fourth-order valence-electron chi connectivity index (χ4n) is 3.89. The van der Waals surface area contributed by atoms with Crippen LogP contribution in [0.5, 0.6) is 0 Å². The minimum atomic E-state index is -4.06. The first-order valence-corrected chi connectivity index (χ1v) is 12.9. The van der Waals surface area contributed by atoms with E-state index in [-0.39, 0.29) is 29.6 Å². The Morgan fingerprint density at radius 2 is 1.58 bits per heavy atom. The summed E-state index contributed by atoms with van der Waals surface area (Å²) in [4.78, 5) is 36.0. The molecule has 3 amide bonds. The number of amides is 3. The van der Waals surface area contributed by atoms with Crippen molar-refractivity contribution in [2.24, 2.45) is 0 Å². The third kappa shape index (κ3) is 6.35. The fourth-order valence-corrected chi connectivity index (χ4v) is 5.14. The number of nitrogens with one attached hydrogen (secondary N) is 4. The Morgan fingerprint density at radius 1 is 0.917 bits per heavy atom. The first-order valence-electron chi connectivity index (χ1n) is 11.4. The van der Waals surface area contributed by atoms with E-state index in [9.17, 15) is 22.8 Å². The van der Waals surface area contributed by atoms with Crippen molar-refractivity contribution in [2.75, 3.05) is 16.0 Å². The van der Waals surface area contributed by atoms with Gasteiger partial charge in [-0.05, 0) is 66.4 Å². The van der Waals surface area contributed by atoms with E-state index in [1.807, 2.05) is 30.3 Å². The third-order valence-electron chi connectivity index (χ3n) is 5.65. The summed E-state index contributed by atoms with van der Waals surface area (Å²) in [6.07, 6.45) is 0.855. The Balaban J connectivity index is 1.55. The van der Waals surface area contributed by atoms with E-state index in [1.54, 1.807) is 30.3 Å². The van der Waals surface area contributed by atoms with E-state index < -0.39 is 22.0 Å². The second-order valence-electron chi connectivity index (χ2n) is 8.48. The average molecular weight is 507 g/mol. The van der Waals surface area contributed by atoms with Crippen molar-refractivity contribution in [2.45, 2.75) is 37.1 Å². The van der Waals surface area contributed by atoms with Crippen molar-refractivity contribution in [1.82, 2.24) is 4.72 Å². The van der Waals surface area contributed by atoms with Crippen LogP contribution in [0.15, 0.2) is 77.7 Å². The van der Waals surface area contributed by atoms with Gasteiger partial charge in [0.15, 0.2) is 0 Å². The van der Waals surface area contributed by atoms with E-state index in [0.717, 1.165) is 11.1 Å². The second kappa shape index (κ2) is 10.7. The van der Waals surface area contributed by atoms with Crippen LogP contribution in [0.25, 0.3) is 0 Å². The fraction of sp³-hybridized carbons (Fsp3) is 0.192. The highest BCUT2D eigenvalue weighted by Gasteiger charge is 2.27. The molecule has 0 unspecified atom stereocenters. The van der Waals surface area contributed by atoms with Crippen LogP contribution < -0.4 is 20.7 Å². The molecule has 0 spiro atoms. The monoisotopic (exact) mass is 506 g/mol. The van der Waals surface area contributed by atoms with Crippen LogP contribution in [0.1, 0.15) is 24.5 Å². The first-order chi connectivity index (χ1) is 17.2. The van der Waals surface area contributed by atoms with Crippen molar-refractivity contribution < 1.29 is 22.8 Å². The summed E-state index contributed by atoms with van der Waals surface area (Å²) < 4.78 is 29.1. The van der Waals surface area contributed by atoms with Gasteiger partial charge >= 0.3 is 0 Å². The van der Waals surface area contributed by atoms with Crippen molar-refractivity contribution in [3.63, 3.8) is 0 Å². The lowest BCUT2D eigenvalue weighted by atomic mass is 10.0. The summed E-state index contributed by atoms with van der Waals surface area (Å²) in [5, 5.41) is 8.12. The first kappa shape index (κ1) is 25.1. The highest BCUT2D eigenvalue weighted by molar-refractivity contribution is 7.89. The highest BCUT2D eigenvalue weighted by atomic mass is 32.2. The Labute approximate surface area is 209 Å².